The summed E-state index contributed by atoms with van der Waals surface area (Å²) in [6, 6.07) is 8.40. The number of ether oxygens (including phenoxy) is 1. The minimum atomic E-state index is -1.19. The lowest BCUT2D eigenvalue weighted by Crippen LogP contribution is -2.40. The number of carbonyl (C=O) groups is 1. The van der Waals surface area contributed by atoms with Gasteiger partial charge in [0.2, 0.25) is 6.54 Å². The average molecular weight is 282 g/mol. The zero-order chi connectivity index (χ0) is 15.0. The van der Waals surface area contributed by atoms with Gasteiger partial charge in [-0.05, 0) is 12.6 Å². The first-order valence-corrected chi connectivity index (χ1v) is 6.20. The summed E-state index contributed by atoms with van der Waals surface area (Å²) in [5.41, 5.74) is 0.849. The molecule has 0 spiro atoms. The van der Waals surface area contributed by atoms with E-state index in [1.807, 2.05) is 30.3 Å². The number of nitrogens with one attached hydrogen (secondary N) is 1. The topological polar surface area (TPSA) is 102 Å². The van der Waals surface area contributed by atoms with Crippen molar-refractivity contribution in [1.29, 1.82) is 0 Å². The van der Waals surface area contributed by atoms with E-state index in [0.717, 1.165) is 5.56 Å². The summed E-state index contributed by atoms with van der Waals surface area (Å²) in [5, 5.41) is 22.4. The molecule has 2 N–H and O–H groups in total. The van der Waals surface area contributed by atoms with Crippen LogP contribution in [-0.4, -0.2) is 41.7 Å². The third kappa shape index (κ3) is 5.77. The Morgan fingerprint density at radius 2 is 2.10 bits per heavy atom. The van der Waals surface area contributed by atoms with Gasteiger partial charge in [-0.3, -0.25) is 14.9 Å². The van der Waals surface area contributed by atoms with Crippen LogP contribution < -0.4 is 5.32 Å². The summed E-state index contributed by atoms with van der Waals surface area (Å²) >= 11 is 0. The Bertz CT molecular complexity index is 438. The van der Waals surface area contributed by atoms with Gasteiger partial charge in [-0.15, -0.1) is 0 Å². The minimum Gasteiger partial charge on any atom is -0.460 e. The number of aliphatic hydroxyl groups is 1. The fourth-order valence-corrected chi connectivity index (χ4v) is 1.68. The molecule has 110 valence electrons. The predicted molar refractivity (Wildman–Crippen MR) is 71.6 cm³/mol. The maximum absolute atomic E-state index is 11.8. The quantitative estimate of drug-likeness (QED) is 0.405. The second-order valence-electron chi connectivity index (χ2n) is 4.34. The number of esters is 1. The molecule has 0 aromatic heterocycles. The maximum Gasteiger partial charge on any atom is 0.323 e. The molecular formula is C13H18N2O5. The Labute approximate surface area is 116 Å². The summed E-state index contributed by atoms with van der Waals surface area (Å²) in [4.78, 5) is 21.5. The van der Waals surface area contributed by atoms with Gasteiger partial charge >= 0.3 is 5.97 Å². The number of benzene rings is 1. The Morgan fingerprint density at radius 1 is 1.45 bits per heavy atom. The average Bonchev–Trinajstić information content (AvgIpc) is 2.42. The van der Waals surface area contributed by atoms with Crippen LogP contribution in [0.3, 0.4) is 0 Å². The van der Waals surface area contributed by atoms with E-state index in [1.54, 1.807) is 0 Å². The molecule has 0 saturated heterocycles. The molecule has 0 aliphatic rings. The fraction of sp³-hybridized carbons (Fsp3) is 0.462. The molecule has 0 radical (unpaired) electrons. The number of hydrogen-bond donors (Lipinski definition) is 2. The zero-order valence-corrected chi connectivity index (χ0v) is 11.2. The maximum atomic E-state index is 11.8. The lowest BCUT2D eigenvalue weighted by Gasteiger charge is -2.16. The summed E-state index contributed by atoms with van der Waals surface area (Å²) < 4.78 is 5.10. The van der Waals surface area contributed by atoms with E-state index in [1.165, 1.54) is 7.05 Å². The first-order valence-electron chi connectivity index (χ1n) is 6.20. The van der Waals surface area contributed by atoms with Gasteiger partial charge in [-0.2, -0.15) is 0 Å². The molecule has 0 aliphatic carbocycles. The van der Waals surface area contributed by atoms with E-state index in [0.29, 0.717) is 0 Å². The van der Waals surface area contributed by atoms with Gasteiger partial charge in [0.05, 0.1) is 0 Å². The van der Waals surface area contributed by atoms with Crippen LogP contribution in [0.1, 0.15) is 12.0 Å². The molecule has 0 bridgehead atoms. The summed E-state index contributed by atoms with van der Waals surface area (Å²) in [5.74, 6) is -0.543. The monoisotopic (exact) mass is 282 g/mol. The third-order valence-corrected chi connectivity index (χ3v) is 2.72. The molecular weight excluding hydrogens is 264 g/mol. The first-order chi connectivity index (χ1) is 9.52. The highest BCUT2D eigenvalue weighted by Gasteiger charge is 2.24. The third-order valence-electron chi connectivity index (χ3n) is 2.72. The van der Waals surface area contributed by atoms with Crippen LogP contribution in [0, 0.1) is 10.1 Å². The van der Waals surface area contributed by atoms with E-state index < -0.39 is 29.6 Å². The van der Waals surface area contributed by atoms with E-state index >= 15 is 0 Å². The van der Waals surface area contributed by atoms with Crippen LogP contribution in [0.15, 0.2) is 30.3 Å². The van der Waals surface area contributed by atoms with Gasteiger partial charge in [-0.1, -0.05) is 30.3 Å². The van der Waals surface area contributed by atoms with Crippen molar-refractivity contribution < 1.29 is 19.6 Å². The van der Waals surface area contributed by atoms with Crippen molar-refractivity contribution in [3.63, 3.8) is 0 Å². The van der Waals surface area contributed by atoms with Crippen molar-refractivity contribution >= 4 is 5.97 Å². The molecule has 20 heavy (non-hydrogen) atoms. The molecule has 0 aliphatic heterocycles. The van der Waals surface area contributed by atoms with Gasteiger partial charge in [0.25, 0.3) is 0 Å². The largest absolute Gasteiger partial charge is 0.460 e. The number of hydrogen-bond acceptors (Lipinski definition) is 6. The molecule has 0 fully saturated rings. The Hall–Kier alpha value is -1.99. The predicted octanol–water partition coefficient (Wildman–Crippen LogP) is 0.345. The van der Waals surface area contributed by atoms with Crippen molar-refractivity contribution in [1.82, 2.24) is 5.32 Å². The van der Waals surface area contributed by atoms with Crippen molar-refractivity contribution in [3.05, 3.63) is 46.0 Å². The van der Waals surface area contributed by atoms with Crippen molar-refractivity contribution in [2.24, 2.45) is 0 Å². The van der Waals surface area contributed by atoms with Crippen LogP contribution >= 0.6 is 0 Å². The van der Waals surface area contributed by atoms with Gasteiger partial charge in [0.1, 0.15) is 18.8 Å². The van der Waals surface area contributed by atoms with E-state index in [-0.39, 0.29) is 13.0 Å². The normalized spacial score (nSPS) is 13.5. The minimum absolute atomic E-state index is 0.0644. The SMILES string of the molecule is CN[C@@H](C[C@@H](O)C[N+](=O)[O-])C(=O)OCc1ccccc1. The standard InChI is InChI=1S/C13H18N2O5/c1-14-12(7-11(16)8-15(18)19)13(17)20-9-10-5-3-2-4-6-10/h2-6,11-12,14,16H,7-9H2,1H3/t11-,12+/m1/s1. The van der Waals surface area contributed by atoms with Crippen molar-refractivity contribution in [3.8, 4) is 0 Å². The highest BCUT2D eigenvalue weighted by Crippen LogP contribution is 2.05. The first kappa shape index (κ1) is 16.1. The summed E-state index contributed by atoms with van der Waals surface area (Å²) in [7, 11) is 1.54. The molecule has 7 nitrogen and oxygen atoms in total. The van der Waals surface area contributed by atoms with Crippen LogP contribution in [-0.2, 0) is 16.1 Å². The lowest BCUT2D eigenvalue weighted by molar-refractivity contribution is -0.490. The van der Waals surface area contributed by atoms with Gasteiger partial charge in [0.15, 0.2) is 0 Å². The second kappa shape index (κ2) is 8.23. The Kier molecular flexibility index (Phi) is 6.61. The number of carbonyl (C=O) groups excluding carboxylic acids is 1. The molecule has 1 aromatic carbocycles. The summed E-state index contributed by atoms with van der Waals surface area (Å²) in [6.07, 6.45) is -1.25. The van der Waals surface area contributed by atoms with Crippen LogP contribution in [0.2, 0.25) is 0 Å². The number of likely N-dealkylation sites (N-methyl/N-ethyl adjacent to an activating group) is 1. The molecule has 0 saturated carbocycles. The van der Waals surface area contributed by atoms with Crippen molar-refractivity contribution in [2.45, 2.75) is 25.2 Å². The highest BCUT2D eigenvalue weighted by molar-refractivity contribution is 5.75. The molecule has 0 unspecified atom stereocenters. The van der Waals surface area contributed by atoms with Crippen molar-refractivity contribution in [2.75, 3.05) is 13.6 Å². The van der Waals surface area contributed by atoms with Gasteiger partial charge in [-0.25, -0.2) is 0 Å². The van der Waals surface area contributed by atoms with E-state index in [2.05, 4.69) is 5.32 Å². The Balaban J connectivity index is 2.44. The fourth-order valence-electron chi connectivity index (χ4n) is 1.68. The second-order valence-corrected chi connectivity index (χ2v) is 4.34. The van der Waals surface area contributed by atoms with Gasteiger partial charge < -0.3 is 15.2 Å². The zero-order valence-electron chi connectivity index (χ0n) is 11.2. The number of nitrogens with zero attached hydrogens (tertiary/aromatic N) is 1. The van der Waals surface area contributed by atoms with Crippen LogP contribution in [0.5, 0.6) is 0 Å². The Morgan fingerprint density at radius 3 is 2.65 bits per heavy atom. The van der Waals surface area contributed by atoms with E-state index in [9.17, 15) is 20.0 Å². The smallest absolute Gasteiger partial charge is 0.323 e. The lowest BCUT2D eigenvalue weighted by atomic mass is 10.1. The molecule has 1 aromatic rings. The molecule has 0 amide bonds. The number of aliphatic hydroxyl groups excluding tert-OH is 1. The number of rotatable bonds is 8. The van der Waals surface area contributed by atoms with Crippen LogP contribution in [0.4, 0.5) is 0 Å². The van der Waals surface area contributed by atoms with E-state index in [4.69, 9.17) is 4.74 Å². The summed E-state index contributed by atoms with van der Waals surface area (Å²) in [6.45, 7) is -0.465. The number of nitro groups is 1. The van der Waals surface area contributed by atoms with Crippen LogP contribution in [0.25, 0.3) is 0 Å². The highest BCUT2D eigenvalue weighted by atomic mass is 16.6. The molecule has 7 heteroatoms. The molecule has 0 heterocycles. The molecule has 2 atom stereocenters. The van der Waals surface area contributed by atoms with Gasteiger partial charge in [0, 0.05) is 11.3 Å². The molecule has 1 rings (SSSR count).